The van der Waals surface area contributed by atoms with Gasteiger partial charge in [-0.25, -0.2) is 0 Å². The zero-order valence-corrected chi connectivity index (χ0v) is 20.8. The van der Waals surface area contributed by atoms with Crippen LogP contribution < -0.4 is 0 Å². The van der Waals surface area contributed by atoms with E-state index in [1.807, 2.05) is 24.4 Å². The molecule has 0 N–H and O–H groups in total. The van der Waals surface area contributed by atoms with Crippen molar-refractivity contribution in [1.82, 2.24) is 9.97 Å². The molecule has 0 aliphatic carbocycles. The number of aromatic nitrogens is 2. The van der Waals surface area contributed by atoms with E-state index in [4.69, 9.17) is 4.98 Å². The van der Waals surface area contributed by atoms with Crippen molar-refractivity contribution >= 4 is 21.5 Å². The molecule has 0 spiro atoms. The van der Waals surface area contributed by atoms with E-state index in [1.54, 1.807) is 6.20 Å². The molecule has 2 heteroatoms. The number of fused-ring (bicyclic) bond motifs is 2. The van der Waals surface area contributed by atoms with Crippen LogP contribution in [0.25, 0.3) is 66.3 Å². The second-order valence-corrected chi connectivity index (χ2v) is 9.44. The van der Waals surface area contributed by atoms with Gasteiger partial charge in [-0.15, -0.1) is 0 Å². The lowest BCUT2D eigenvalue weighted by Gasteiger charge is -2.18. The first-order valence-corrected chi connectivity index (χ1v) is 12.8. The maximum absolute atomic E-state index is 4.74. The van der Waals surface area contributed by atoms with Crippen molar-refractivity contribution < 1.29 is 0 Å². The molecule has 0 aliphatic heterocycles. The van der Waals surface area contributed by atoms with Crippen LogP contribution in [-0.4, -0.2) is 9.97 Å². The fraction of sp³-hybridized carbons (Fsp3) is 0. The maximum atomic E-state index is 4.74. The predicted molar refractivity (Wildman–Crippen MR) is 159 cm³/mol. The standard InChI is InChI=1S/C36H24N2/c1-3-11-25(12-4-1)35-29-15-7-8-16-30(29)36(26-13-5-2-6-14-26)32-23-27(18-20-31(32)35)28-19-21-34(38-24-28)33-17-9-10-22-37-33/h1-24H. The molecule has 0 saturated carbocycles. The van der Waals surface area contributed by atoms with E-state index in [9.17, 15) is 0 Å². The van der Waals surface area contributed by atoms with Gasteiger partial charge in [0, 0.05) is 18.0 Å². The minimum Gasteiger partial charge on any atom is -0.255 e. The molecule has 0 fully saturated rings. The van der Waals surface area contributed by atoms with Crippen molar-refractivity contribution in [3.63, 3.8) is 0 Å². The van der Waals surface area contributed by atoms with E-state index in [0.29, 0.717) is 0 Å². The third-order valence-corrected chi connectivity index (χ3v) is 7.17. The summed E-state index contributed by atoms with van der Waals surface area (Å²) in [5.74, 6) is 0. The minimum absolute atomic E-state index is 0.873. The topological polar surface area (TPSA) is 25.8 Å². The van der Waals surface area contributed by atoms with E-state index in [2.05, 4.69) is 120 Å². The first-order valence-electron chi connectivity index (χ1n) is 12.8. The van der Waals surface area contributed by atoms with Gasteiger partial charge in [-0.2, -0.15) is 0 Å². The average molecular weight is 485 g/mol. The van der Waals surface area contributed by atoms with Gasteiger partial charge in [-0.3, -0.25) is 9.97 Å². The van der Waals surface area contributed by atoms with Crippen LogP contribution in [0.5, 0.6) is 0 Å². The Hall–Kier alpha value is -5.08. The van der Waals surface area contributed by atoms with Crippen LogP contribution in [0.3, 0.4) is 0 Å². The molecule has 2 nitrogen and oxygen atoms in total. The Kier molecular flexibility index (Phi) is 5.49. The predicted octanol–water partition coefficient (Wildman–Crippen LogP) is 9.45. The lowest BCUT2D eigenvalue weighted by Crippen LogP contribution is -1.92. The van der Waals surface area contributed by atoms with Crippen LogP contribution in [-0.2, 0) is 0 Å². The van der Waals surface area contributed by atoms with Crippen LogP contribution in [0.1, 0.15) is 0 Å². The molecule has 2 heterocycles. The Labute approximate surface area is 221 Å². The van der Waals surface area contributed by atoms with Crippen molar-refractivity contribution in [2.24, 2.45) is 0 Å². The van der Waals surface area contributed by atoms with Crippen molar-refractivity contribution in [2.45, 2.75) is 0 Å². The normalized spacial score (nSPS) is 11.2. The van der Waals surface area contributed by atoms with Crippen molar-refractivity contribution in [2.75, 3.05) is 0 Å². The highest BCUT2D eigenvalue weighted by Gasteiger charge is 2.17. The minimum atomic E-state index is 0.873. The molecule has 7 rings (SSSR count). The molecule has 178 valence electrons. The van der Waals surface area contributed by atoms with Crippen LogP contribution in [0, 0.1) is 0 Å². The van der Waals surface area contributed by atoms with E-state index >= 15 is 0 Å². The van der Waals surface area contributed by atoms with E-state index in [0.717, 1.165) is 22.5 Å². The average Bonchev–Trinajstić information content (AvgIpc) is 3.01. The maximum Gasteiger partial charge on any atom is 0.0886 e. The summed E-state index contributed by atoms with van der Waals surface area (Å²) in [6.07, 6.45) is 3.75. The molecule has 0 aliphatic rings. The molecule has 0 amide bonds. The SMILES string of the molecule is c1ccc(-c2c3ccccc3c(-c3ccccc3)c3cc(-c4ccc(-c5ccccn5)nc4)ccc23)cc1. The van der Waals surface area contributed by atoms with Crippen LogP contribution in [0.2, 0.25) is 0 Å². The monoisotopic (exact) mass is 484 g/mol. The summed E-state index contributed by atoms with van der Waals surface area (Å²) in [5, 5.41) is 5.00. The number of pyridine rings is 2. The highest BCUT2D eigenvalue weighted by molar-refractivity contribution is 6.21. The van der Waals surface area contributed by atoms with Crippen molar-refractivity contribution in [3.8, 4) is 44.8 Å². The van der Waals surface area contributed by atoms with Crippen LogP contribution in [0.4, 0.5) is 0 Å². The van der Waals surface area contributed by atoms with Gasteiger partial charge in [0.1, 0.15) is 0 Å². The summed E-state index contributed by atoms with van der Waals surface area (Å²) in [6, 6.07) is 47.1. The zero-order valence-electron chi connectivity index (χ0n) is 20.8. The van der Waals surface area contributed by atoms with E-state index < -0.39 is 0 Å². The molecular formula is C36H24N2. The molecule has 5 aromatic carbocycles. The number of hydrogen-bond acceptors (Lipinski definition) is 2. The van der Waals surface area contributed by atoms with E-state index in [1.165, 1.54) is 43.8 Å². The Balaban J connectivity index is 1.50. The molecule has 7 aromatic rings. The van der Waals surface area contributed by atoms with Gasteiger partial charge in [-0.1, -0.05) is 109 Å². The molecule has 0 saturated heterocycles. The Bertz CT molecular complexity index is 1880. The van der Waals surface area contributed by atoms with E-state index in [-0.39, 0.29) is 0 Å². The molecule has 0 bridgehead atoms. The molecular weight excluding hydrogens is 460 g/mol. The highest BCUT2D eigenvalue weighted by Crippen LogP contribution is 2.44. The van der Waals surface area contributed by atoms with Gasteiger partial charge in [0.15, 0.2) is 0 Å². The summed E-state index contributed by atoms with van der Waals surface area (Å²) in [4.78, 5) is 9.18. The number of benzene rings is 5. The first-order chi connectivity index (χ1) is 18.9. The Morgan fingerprint density at radius 2 is 0.895 bits per heavy atom. The van der Waals surface area contributed by atoms with Gasteiger partial charge in [0.25, 0.3) is 0 Å². The summed E-state index contributed by atoms with van der Waals surface area (Å²) < 4.78 is 0. The molecule has 0 radical (unpaired) electrons. The quantitative estimate of drug-likeness (QED) is 0.233. The van der Waals surface area contributed by atoms with Crippen LogP contribution >= 0.6 is 0 Å². The molecule has 0 unspecified atom stereocenters. The molecule has 0 atom stereocenters. The second-order valence-electron chi connectivity index (χ2n) is 9.44. The van der Waals surface area contributed by atoms with Gasteiger partial charge in [0.2, 0.25) is 0 Å². The highest BCUT2D eigenvalue weighted by atomic mass is 14.8. The summed E-state index contributed by atoms with van der Waals surface area (Å²) >= 11 is 0. The summed E-state index contributed by atoms with van der Waals surface area (Å²) in [6.45, 7) is 0. The molecule has 2 aromatic heterocycles. The Morgan fingerprint density at radius 1 is 0.342 bits per heavy atom. The fourth-order valence-corrected chi connectivity index (χ4v) is 5.42. The van der Waals surface area contributed by atoms with Crippen molar-refractivity contribution in [3.05, 3.63) is 146 Å². The van der Waals surface area contributed by atoms with Gasteiger partial charge in [-0.05, 0) is 73.6 Å². The lowest BCUT2D eigenvalue weighted by molar-refractivity contribution is 1.25. The summed E-state index contributed by atoms with van der Waals surface area (Å²) in [5.41, 5.74) is 8.95. The van der Waals surface area contributed by atoms with Gasteiger partial charge >= 0.3 is 0 Å². The van der Waals surface area contributed by atoms with Crippen LogP contribution in [0.15, 0.2) is 146 Å². The van der Waals surface area contributed by atoms with Crippen molar-refractivity contribution in [1.29, 1.82) is 0 Å². The number of hydrogen-bond donors (Lipinski definition) is 0. The smallest absolute Gasteiger partial charge is 0.0886 e. The third-order valence-electron chi connectivity index (χ3n) is 7.17. The number of nitrogens with zero attached hydrogens (tertiary/aromatic N) is 2. The van der Waals surface area contributed by atoms with Gasteiger partial charge in [0.05, 0.1) is 11.4 Å². The second kappa shape index (κ2) is 9.42. The summed E-state index contributed by atoms with van der Waals surface area (Å²) in [7, 11) is 0. The molecule has 38 heavy (non-hydrogen) atoms. The largest absolute Gasteiger partial charge is 0.255 e. The Morgan fingerprint density at radius 3 is 1.50 bits per heavy atom. The fourth-order valence-electron chi connectivity index (χ4n) is 5.42. The lowest BCUT2D eigenvalue weighted by atomic mass is 9.85. The zero-order chi connectivity index (χ0) is 25.3. The first kappa shape index (κ1) is 22.1. The number of rotatable bonds is 4. The van der Waals surface area contributed by atoms with Gasteiger partial charge < -0.3 is 0 Å². The third kappa shape index (κ3) is 3.84.